The molecule has 1 aromatic rings. The van der Waals surface area contributed by atoms with Gasteiger partial charge in [-0.25, -0.2) is 8.42 Å². The maximum absolute atomic E-state index is 12.8. The van der Waals surface area contributed by atoms with Gasteiger partial charge in [-0.2, -0.15) is 0 Å². The molecular weight excluding hydrogens is 338 g/mol. The van der Waals surface area contributed by atoms with Crippen LogP contribution in [0.3, 0.4) is 0 Å². The molecule has 2 heterocycles. The molecule has 2 aliphatic heterocycles. The summed E-state index contributed by atoms with van der Waals surface area (Å²) in [6.45, 7) is 3.41. The van der Waals surface area contributed by atoms with E-state index >= 15 is 0 Å². The van der Waals surface area contributed by atoms with Crippen LogP contribution in [0.2, 0.25) is 5.02 Å². The summed E-state index contributed by atoms with van der Waals surface area (Å²) in [5.74, 6) is 0.819. The smallest absolute Gasteiger partial charge is 0.256 e. The first kappa shape index (κ1) is 16.5. The van der Waals surface area contributed by atoms with Crippen LogP contribution in [0.25, 0.3) is 0 Å². The van der Waals surface area contributed by atoms with Crippen molar-refractivity contribution in [3.63, 3.8) is 0 Å². The number of fused-ring (bicyclic) bond motifs is 1. The Kier molecular flexibility index (Phi) is 4.29. The van der Waals surface area contributed by atoms with Gasteiger partial charge in [-0.15, -0.1) is 0 Å². The molecule has 8 heteroatoms. The molecule has 23 heavy (non-hydrogen) atoms. The van der Waals surface area contributed by atoms with E-state index in [0.717, 1.165) is 19.3 Å². The molecule has 0 bridgehead atoms. The third-order valence-corrected chi connectivity index (χ3v) is 5.29. The second-order valence-electron chi connectivity index (χ2n) is 6.52. The number of halogens is 1. The highest BCUT2D eigenvalue weighted by molar-refractivity contribution is 7.92. The van der Waals surface area contributed by atoms with Crippen LogP contribution in [0, 0.1) is 11.8 Å². The Labute approximate surface area is 141 Å². The number of carbonyl (C=O) groups is 1. The Morgan fingerprint density at radius 3 is 2.39 bits per heavy atom. The number of benzene rings is 1. The molecule has 3 rings (SSSR count). The first-order valence-corrected chi connectivity index (χ1v) is 9.75. The topological polar surface area (TPSA) is 69.7 Å². The molecule has 1 aromatic carbocycles. The first-order valence-electron chi connectivity index (χ1n) is 7.48. The molecule has 0 spiro atoms. The van der Waals surface area contributed by atoms with Crippen LogP contribution in [-0.2, 0) is 10.0 Å². The minimum Gasteiger partial charge on any atom is -0.338 e. The molecule has 2 aliphatic rings. The average Bonchev–Trinajstić information content (AvgIpc) is 2.95. The molecule has 2 saturated heterocycles. The number of carbonyl (C=O) groups excluding carboxylic acids is 1. The van der Waals surface area contributed by atoms with E-state index in [9.17, 15) is 13.2 Å². The Balaban J connectivity index is 1.84. The Bertz CT molecular complexity index is 723. The van der Waals surface area contributed by atoms with Gasteiger partial charge in [-0.3, -0.25) is 9.52 Å². The molecule has 2 fully saturated rings. The van der Waals surface area contributed by atoms with Gasteiger partial charge in [-0.1, -0.05) is 11.6 Å². The van der Waals surface area contributed by atoms with Gasteiger partial charge < -0.3 is 9.80 Å². The van der Waals surface area contributed by atoms with Crippen molar-refractivity contribution in [3.05, 3.63) is 28.8 Å². The van der Waals surface area contributed by atoms with Crippen molar-refractivity contribution < 1.29 is 13.2 Å². The summed E-state index contributed by atoms with van der Waals surface area (Å²) in [5, 5.41) is 0.409. The minimum atomic E-state index is -3.46. The van der Waals surface area contributed by atoms with Crippen molar-refractivity contribution in [1.29, 1.82) is 0 Å². The lowest BCUT2D eigenvalue weighted by molar-refractivity contribution is 0.0777. The maximum atomic E-state index is 12.8. The SMILES string of the molecule is CN1C[C@@H]2CN(C(=O)c3cc(Cl)ccc3NS(C)(=O)=O)C[C@@H]2C1. The van der Waals surface area contributed by atoms with Crippen molar-refractivity contribution in [2.75, 3.05) is 44.2 Å². The number of sulfonamides is 1. The fraction of sp³-hybridized carbons (Fsp3) is 0.533. The van der Waals surface area contributed by atoms with Crippen LogP contribution >= 0.6 is 11.6 Å². The highest BCUT2D eigenvalue weighted by Gasteiger charge is 2.40. The summed E-state index contributed by atoms with van der Waals surface area (Å²) < 4.78 is 25.4. The predicted molar refractivity (Wildman–Crippen MR) is 90.3 cm³/mol. The molecule has 6 nitrogen and oxygen atoms in total. The van der Waals surface area contributed by atoms with E-state index < -0.39 is 10.0 Å². The number of amides is 1. The summed E-state index contributed by atoms with van der Waals surface area (Å²) in [5.41, 5.74) is 0.576. The second kappa shape index (κ2) is 5.96. The summed E-state index contributed by atoms with van der Waals surface area (Å²) in [4.78, 5) is 16.9. The summed E-state index contributed by atoms with van der Waals surface area (Å²) in [6, 6.07) is 4.62. The zero-order chi connectivity index (χ0) is 16.8. The van der Waals surface area contributed by atoms with E-state index in [1.54, 1.807) is 11.0 Å². The van der Waals surface area contributed by atoms with Gasteiger partial charge in [0.1, 0.15) is 0 Å². The summed E-state index contributed by atoms with van der Waals surface area (Å²) >= 11 is 6.00. The molecule has 0 saturated carbocycles. The Morgan fingerprint density at radius 1 is 1.22 bits per heavy atom. The summed E-state index contributed by atoms with van der Waals surface area (Å²) in [6.07, 6.45) is 1.06. The van der Waals surface area contributed by atoms with Gasteiger partial charge in [0.05, 0.1) is 17.5 Å². The molecule has 0 aliphatic carbocycles. The zero-order valence-corrected chi connectivity index (χ0v) is 14.7. The largest absolute Gasteiger partial charge is 0.338 e. The fourth-order valence-electron chi connectivity index (χ4n) is 3.55. The van der Waals surface area contributed by atoms with Gasteiger partial charge in [0.2, 0.25) is 10.0 Å². The van der Waals surface area contributed by atoms with Crippen LogP contribution in [-0.4, -0.2) is 63.6 Å². The number of nitrogens with zero attached hydrogens (tertiary/aromatic N) is 2. The van der Waals surface area contributed by atoms with E-state index in [0.29, 0.717) is 35.5 Å². The fourth-order valence-corrected chi connectivity index (χ4v) is 4.30. The first-order chi connectivity index (χ1) is 10.7. The number of rotatable bonds is 3. The Morgan fingerprint density at radius 2 is 1.83 bits per heavy atom. The molecule has 1 N–H and O–H groups in total. The lowest BCUT2D eigenvalue weighted by Crippen LogP contribution is -2.33. The third-order valence-electron chi connectivity index (χ3n) is 4.46. The van der Waals surface area contributed by atoms with Crippen LogP contribution in [0.1, 0.15) is 10.4 Å². The number of hydrogen-bond donors (Lipinski definition) is 1. The third kappa shape index (κ3) is 3.62. The van der Waals surface area contributed by atoms with Gasteiger partial charge >= 0.3 is 0 Å². The van der Waals surface area contributed by atoms with E-state index in [-0.39, 0.29) is 11.6 Å². The average molecular weight is 358 g/mol. The molecule has 1 amide bonds. The van der Waals surface area contributed by atoms with Crippen LogP contribution in [0.5, 0.6) is 0 Å². The molecular formula is C15H20ClN3O3S. The Hall–Kier alpha value is -1.31. The molecule has 0 unspecified atom stereocenters. The van der Waals surface area contributed by atoms with Crippen LogP contribution in [0.15, 0.2) is 18.2 Å². The van der Waals surface area contributed by atoms with Crippen molar-refractivity contribution in [2.45, 2.75) is 0 Å². The molecule has 0 radical (unpaired) electrons. The van der Waals surface area contributed by atoms with Gasteiger partial charge in [0, 0.05) is 31.2 Å². The van der Waals surface area contributed by atoms with Crippen molar-refractivity contribution in [2.24, 2.45) is 11.8 Å². The predicted octanol–water partition coefficient (Wildman–Crippen LogP) is 1.35. The monoisotopic (exact) mass is 357 g/mol. The maximum Gasteiger partial charge on any atom is 0.256 e. The van der Waals surface area contributed by atoms with E-state index in [2.05, 4.69) is 16.7 Å². The highest BCUT2D eigenvalue weighted by atomic mass is 35.5. The lowest BCUT2D eigenvalue weighted by Gasteiger charge is -2.21. The number of hydrogen-bond acceptors (Lipinski definition) is 4. The van der Waals surface area contributed by atoms with Crippen LogP contribution < -0.4 is 4.72 Å². The molecule has 126 valence electrons. The van der Waals surface area contributed by atoms with Crippen molar-refractivity contribution in [1.82, 2.24) is 9.80 Å². The quantitative estimate of drug-likeness (QED) is 0.886. The number of nitrogens with one attached hydrogen (secondary N) is 1. The van der Waals surface area contributed by atoms with Gasteiger partial charge in [0.15, 0.2) is 0 Å². The summed E-state index contributed by atoms with van der Waals surface area (Å²) in [7, 11) is -1.37. The second-order valence-corrected chi connectivity index (χ2v) is 8.70. The number of likely N-dealkylation sites (tertiary alicyclic amines) is 2. The van der Waals surface area contributed by atoms with Crippen LogP contribution in [0.4, 0.5) is 5.69 Å². The standard InChI is InChI=1S/C15H20ClN3O3S/c1-18-6-10-8-19(9-11(10)7-18)15(20)13-5-12(16)3-4-14(13)17-23(2,21)22/h3-5,10-11,17H,6-9H2,1-2H3/t10-,11+. The van der Waals surface area contributed by atoms with E-state index in [1.807, 2.05) is 0 Å². The highest BCUT2D eigenvalue weighted by Crippen LogP contribution is 2.32. The molecule has 2 atom stereocenters. The van der Waals surface area contributed by atoms with Gasteiger partial charge in [0.25, 0.3) is 5.91 Å². The van der Waals surface area contributed by atoms with Crippen molar-refractivity contribution in [3.8, 4) is 0 Å². The van der Waals surface area contributed by atoms with Gasteiger partial charge in [-0.05, 0) is 37.1 Å². The normalized spacial score (nSPS) is 24.7. The van der Waals surface area contributed by atoms with Crippen molar-refractivity contribution >= 4 is 33.2 Å². The lowest BCUT2D eigenvalue weighted by atomic mass is 10.0. The minimum absolute atomic E-state index is 0.171. The number of anilines is 1. The van der Waals surface area contributed by atoms with E-state index in [4.69, 9.17) is 11.6 Å². The van der Waals surface area contributed by atoms with E-state index in [1.165, 1.54) is 12.1 Å². The molecule has 0 aromatic heterocycles. The zero-order valence-electron chi connectivity index (χ0n) is 13.1.